The Bertz CT molecular complexity index is 305. The van der Waals surface area contributed by atoms with Crippen molar-refractivity contribution in [3.05, 3.63) is 24.3 Å². The fourth-order valence-corrected chi connectivity index (χ4v) is 2.73. The van der Waals surface area contributed by atoms with Crippen LogP contribution < -0.4 is 0 Å². The lowest BCUT2D eigenvalue weighted by Crippen LogP contribution is -1.92. The first kappa shape index (κ1) is 17.0. The maximum Gasteiger partial charge on any atom is 0.303 e. The van der Waals surface area contributed by atoms with Gasteiger partial charge in [0.1, 0.15) is 0 Å². The van der Waals surface area contributed by atoms with Crippen LogP contribution in [0.2, 0.25) is 0 Å². The van der Waals surface area contributed by atoms with Crippen molar-refractivity contribution in [3.8, 4) is 0 Å². The van der Waals surface area contributed by atoms with Gasteiger partial charge < -0.3 is 5.11 Å². The largest absolute Gasteiger partial charge is 0.481 e. The summed E-state index contributed by atoms with van der Waals surface area (Å²) in [5.74, 6) is 0.197. The first-order chi connectivity index (χ1) is 9.79. The highest BCUT2D eigenvalue weighted by atomic mass is 16.4. The van der Waals surface area contributed by atoms with Crippen molar-refractivity contribution in [1.82, 2.24) is 0 Å². The standard InChI is InChI=1S/C18H30O2/c19-18(20)16-10-8-6-4-2-1-3-5-7-9-13-17-14-11-12-15-17/h2,4,11,14,17H,1,3,5-10,12-13,15-16H2,(H,19,20)/b4-2-/t17-/m1/s1. The van der Waals surface area contributed by atoms with Gasteiger partial charge in [0.15, 0.2) is 0 Å². The summed E-state index contributed by atoms with van der Waals surface area (Å²) in [6.45, 7) is 0. The molecule has 0 amide bonds. The highest BCUT2D eigenvalue weighted by Gasteiger charge is 2.07. The summed E-state index contributed by atoms with van der Waals surface area (Å²) in [5.41, 5.74) is 0. The molecule has 0 aromatic rings. The molecule has 1 atom stereocenters. The van der Waals surface area contributed by atoms with E-state index in [2.05, 4.69) is 24.3 Å². The molecule has 0 saturated heterocycles. The highest BCUT2D eigenvalue weighted by Crippen LogP contribution is 2.23. The monoisotopic (exact) mass is 278 g/mol. The Hall–Kier alpha value is -1.05. The summed E-state index contributed by atoms with van der Waals surface area (Å²) in [6, 6.07) is 0. The Labute approximate surface area is 124 Å². The minimum Gasteiger partial charge on any atom is -0.481 e. The van der Waals surface area contributed by atoms with Crippen molar-refractivity contribution in [2.75, 3.05) is 0 Å². The van der Waals surface area contributed by atoms with Crippen LogP contribution in [-0.4, -0.2) is 11.1 Å². The molecule has 1 N–H and O–H groups in total. The fourth-order valence-electron chi connectivity index (χ4n) is 2.73. The predicted molar refractivity (Wildman–Crippen MR) is 84.8 cm³/mol. The lowest BCUT2D eigenvalue weighted by atomic mass is 10.00. The molecular formula is C18H30O2. The van der Waals surface area contributed by atoms with E-state index in [4.69, 9.17) is 5.11 Å². The van der Waals surface area contributed by atoms with Crippen molar-refractivity contribution < 1.29 is 9.90 Å². The smallest absolute Gasteiger partial charge is 0.303 e. The second-order valence-corrected chi connectivity index (χ2v) is 5.87. The van der Waals surface area contributed by atoms with Crippen LogP contribution in [0.15, 0.2) is 24.3 Å². The third kappa shape index (κ3) is 9.82. The van der Waals surface area contributed by atoms with E-state index in [0.717, 1.165) is 25.2 Å². The van der Waals surface area contributed by atoms with Crippen molar-refractivity contribution in [2.45, 2.75) is 77.0 Å². The molecule has 20 heavy (non-hydrogen) atoms. The molecule has 0 spiro atoms. The van der Waals surface area contributed by atoms with Crippen molar-refractivity contribution in [1.29, 1.82) is 0 Å². The van der Waals surface area contributed by atoms with Crippen LogP contribution in [0, 0.1) is 5.92 Å². The van der Waals surface area contributed by atoms with E-state index in [1.165, 1.54) is 51.4 Å². The number of rotatable bonds is 12. The number of allylic oxidation sites excluding steroid dienone is 4. The summed E-state index contributed by atoms with van der Waals surface area (Å²) in [5, 5.41) is 8.50. The van der Waals surface area contributed by atoms with Crippen LogP contribution in [0.1, 0.15) is 77.0 Å². The number of unbranched alkanes of at least 4 members (excludes halogenated alkanes) is 6. The number of carbonyl (C=O) groups is 1. The summed E-state index contributed by atoms with van der Waals surface area (Å²) < 4.78 is 0. The molecule has 1 aliphatic rings. The first-order valence-corrected chi connectivity index (χ1v) is 8.32. The van der Waals surface area contributed by atoms with Gasteiger partial charge in [-0.25, -0.2) is 0 Å². The number of carboxylic acids is 1. The number of hydrogen-bond donors (Lipinski definition) is 1. The normalized spacial score (nSPS) is 18.1. The van der Waals surface area contributed by atoms with Gasteiger partial charge in [-0.2, -0.15) is 0 Å². The van der Waals surface area contributed by atoms with E-state index < -0.39 is 5.97 Å². The van der Waals surface area contributed by atoms with Gasteiger partial charge in [-0.1, -0.05) is 43.6 Å². The quantitative estimate of drug-likeness (QED) is 0.378. The topological polar surface area (TPSA) is 37.3 Å². The molecule has 0 aromatic heterocycles. The van der Waals surface area contributed by atoms with Crippen LogP contribution in [-0.2, 0) is 4.79 Å². The molecule has 0 fully saturated rings. The SMILES string of the molecule is O=C(O)CCCC/C=C\CCCCCC[C@@H]1C=CCC1. The van der Waals surface area contributed by atoms with Crippen molar-refractivity contribution in [2.24, 2.45) is 5.92 Å². The lowest BCUT2D eigenvalue weighted by molar-refractivity contribution is -0.137. The van der Waals surface area contributed by atoms with Crippen LogP contribution in [0.3, 0.4) is 0 Å². The molecular weight excluding hydrogens is 248 g/mol. The average molecular weight is 278 g/mol. The van der Waals surface area contributed by atoms with E-state index in [-0.39, 0.29) is 0 Å². The van der Waals surface area contributed by atoms with Crippen LogP contribution in [0.25, 0.3) is 0 Å². The van der Waals surface area contributed by atoms with E-state index in [1.807, 2.05) is 0 Å². The highest BCUT2D eigenvalue weighted by molar-refractivity contribution is 5.66. The molecule has 0 heterocycles. The second kappa shape index (κ2) is 11.7. The summed E-state index contributed by atoms with van der Waals surface area (Å²) in [7, 11) is 0. The molecule has 2 heteroatoms. The second-order valence-electron chi connectivity index (χ2n) is 5.87. The molecule has 2 nitrogen and oxygen atoms in total. The van der Waals surface area contributed by atoms with Crippen molar-refractivity contribution >= 4 is 5.97 Å². The van der Waals surface area contributed by atoms with Gasteiger partial charge >= 0.3 is 5.97 Å². The Kier molecular flexibility index (Phi) is 9.99. The van der Waals surface area contributed by atoms with E-state index >= 15 is 0 Å². The number of aliphatic carboxylic acids is 1. The molecule has 114 valence electrons. The van der Waals surface area contributed by atoms with Gasteiger partial charge in [-0.3, -0.25) is 4.79 Å². The van der Waals surface area contributed by atoms with E-state index in [1.54, 1.807) is 0 Å². The Morgan fingerprint density at radius 3 is 2.40 bits per heavy atom. The zero-order chi connectivity index (χ0) is 14.5. The van der Waals surface area contributed by atoms with Crippen LogP contribution in [0.5, 0.6) is 0 Å². The van der Waals surface area contributed by atoms with Gasteiger partial charge in [-0.15, -0.1) is 0 Å². The Morgan fingerprint density at radius 1 is 1.05 bits per heavy atom. The third-order valence-corrected chi connectivity index (χ3v) is 3.99. The molecule has 0 radical (unpaired) electrons. The molecule has 1 aliphatic carbocycles. The van der Waals surface area contributed by atoms with E-state index in [9.17, 15) is 4.79 Å². The number of carboxylic acid groups (broad SMARTS) is 1. The minimum atomic E-state index is -0.679. The molecule has 1 rings (SSSR count). The summed E-state index contributed by atoms with van der Waals surface area (Å²) in [6.07, 6.45) is 23.0. The average Bonchev–Trinajstić information content (AvgIpc) is 2.93. The zero-order valence-electron chi connectivity index (χ0n) is 12.7. The van der Waals surface area contributed by atoms with Gasteiger partial charge in [0.25, 0.3) is 0 Å². The van der Waals surface area contributed by atoms with Gasteiger partial charge in [0, 0.05) is 6.42 Å². The molecule has 0 bridgehead atoms. The Balaban J connectivity index is 1.77. The lowest BCUT2D eigenvalue weighted by Gasteiger charge is -2.06. The van der Waals surface area contributed by atoms with Gasteiger partial charge in [-0.05, 0) is 57.3 Å². The maximum absolute atomic E-state index is 10.3. The zero-order valence-corrected chi connectivity index (χ0v) is 12.7. The van der Waals surface area contributed by atoms with Gasteiger partial charge in [0.05, 0.1) is 0 Å². The number of hydrogen-bond acceptors (Lipinski definition) is 1. The van der Waals surface area contributed by atoms with Gasteiger partial charge in [0.2, 0.25) is 0 Å². The van der Waals surface area contributed by atoms with Crippen LogP contribution >= 0.6 is 0 Å². The van der Waals surface area contributed by atoms with E-state index in [0.29, 0.717) is 6.42 Å². The molecule has 0 saturated carbocycles. The predicted octanol–water partition coefficient (Wildman–Crippen LogP) is 5.49. The minimum absolute atomic E-state index is 0.310. The maximum atomic E-state index is 10.3. The molecule has 0 aromatic carbocycles. The van der Waals surface area contributed by atoms with Crippen LogP contribution in [0.4, 0.5) is 0 Å². The van der Waals surface area contributed by atoms with Crippen molar-refractivity contribution in [3.63, 3.8) is 0 Å². The fraction of sp³-hybridized carbons (Fsp3) is 0.722. The summed E-state index contributed by atoms with van der Waals surface area (Å²) >= 11 is 0. The Morgan fingerprint density at radius 2 is 1.75 bits per heavy atom. The third-order valence-electron chi connectivity index (χ3n) is 3.99. The first-order valence-electron chi connectivity index (χ1n) is 8.32. The molecule has 0 unspecified atom stereocenters. The summed E-state index contributed by atoms with van der Waals surface area (Å²) in [4.78, 5) is 10.3. The molecule has 0 aliphatic heterocycles.